The number of aromatic amines is 1. The quantitative estimate of drug-likeness (QED) is 0.371. The third kappa shape index (κ3) is 5.52. The van der Waals surface area contributed by atoms with E-state index in [-0.39, 0.29) is 0 Å². The lowest BCUT2D eigenvalue weighted by atomic mass is 10.1. The molecule has 1 fully saturated rings. The second-order valence-corrected chi connectivity index (χ2v) is 8.46. The number of H-pyrrole nitrogens is 1. The molecule has 3 heterocycles. The van der Waals surface area contributed by atoms with Crippen LogP contribution in [0.1, 0.15) is 13.8 Å². The van der Waals surface area contributed by atoms with Gasteiger partial charge in [0.25, 0.3) is 0 Å². The van der Waals surface area contributed by atoms with Crippen molar-refractivity contribution in [3.63, 3.8) is 0 Å². The topological polar surface area (TPSA) is 97.4 Å². The van der Waals surface area contributed by atoms with Crippen LogP contribution in [0.2, 0.25) is 0 Å². The van der Waals surface area contributed by atoms with Crippen LogP contribution >= 0.6 is 0 Å². The average molecular weight is 475 g/mol. The molecule has 2 aromatic heterocycles. The summed E-state index contributed by atoms with van der Waals surface area (Å²) in [5.41, 5.74) is 2.51. The van der Waals surface area contributed by atoms with Gasteiger partial charge in [-0.05, 0) is 44.2 Å². The molecule has 1 saturated heterocycles. The van der Waals surface area contributed by atoms with Gasteiger partial charge >= 0.3 is 0 Å². The SMILES string of the molecule is CCOc1ccc2nc(-c3cccc(OCCN4CCOCC4C)c3)nc(Nc3cn[nH]c3)c2c1. The smallest absolute Gasteiger partial charge is 0.162 e. The third-order valence-corrected chi connectivity index (χ3v) is 5.98. The van der Waals surface area contributed by atoms with E-state index in [9.17, 15) is 0 Å². The Kier molecular flexibility index (Phi) is 7.06. The number of rotatable bonds is 9. The Morgan fingerprint density at radius 2 is 2.06 bits per heavy atom. The summed E-state index contributed by atoms with van der Waals surface area (Å²) < 4.78 is 17.3. The Morgan fingerprint density at radius 1 is 1.14 bits per heavy atom. The minimum atomic E-state index is 0.411. The van der Waals surface area contributed by atoms with Crippen molar-refractivity contribution in [1.29, 1.82) is 0 Å². The number of aromatic nitrogens is 4. The van der Waals surface area contributed by atoms with Crippen molar-refractivity contribution in [3.05, 3.63) is 54.9 Å². The summed E-state index contributed by atoms with van der Waals surface area (Å²) in [5.74, 6) is 2.86. The minimum Gasteiger partial charge on any atom is -0.494 e. The average Bonchev–Trinajstić information content (AvgIpc) is 3.39. The van der Waals surface area contributed by atoms with E-state index >= 15 is 0 Å². The van der Waals surface area contributed by atoms with Crippen LogP contribution in [0.15, 0.2) is 54.9 Å². The first-order chi connectivity index (χ1) is 17.2. The monoisotopic (exact) mass is 474 g/mol. The van der Waals surface area contributed by atoms with E-state index in [0.717, 1.165) is 60.0 Å². The molecule has 4 aromatic rings. The first kappa shape index (κ1) is 23.1. The Hall–Kier alpha value is -3.69. The number of benzene rings is 2. The highest BCUT2D eigenvalue weighted by atomic mass is 16.5. The van der Waals surface area contributed by atoms with Crippen molar-refractivity contribution < 1.29 is 14.2 Å². The maximum atomic E-state index is 6.08. The summed E-state index contributed by atoms with van der Waals surface area (Å²) in [6, 6.07) is 14.2. The number of ether oxygens (including phenoxy) is 3. The maximum absolute atomic E-state index is 6.08. The van der Waals surface area contributed by atoms with E-state index in [0.29, 0.717) is 30.9 Å². The number of morpholine rings is 1. The molecular weight excluding hydrogens is 444 g/mol. The summed E-state index contributed by atoms with van der Waals surface area (Å²) >= 11 is 0. The van der Waals surface area contributed by atoms with Crippen LogP contribution in [-0.2, 0) is 4.74 Å². The molecule has 1 unspecified atom stereocenters. The molecule has 2 N–H and O–H groups in total. The van der Waals surface area contributed by atoms with Crippen LogP contribution in [0.5, 0.6) is 11.5 Å². The molecule has 2 aromatic carbocycles. The fourth-order valence-electron chi connectivity index (χ4n) is 4.14. The van der Waals surface area contributed by atoms with E-state index < -0.39 is 0 Å². The van der Waals surface area contributed by atoms with E-state index in [4.69, 9.17) is 24.2 Å². The van der Waals surface area contributed by atoms with Crippen molar-refractivity contribution in [3.8, 4) is 22.9 Å². The molecule has 0 saturated carbocycles. The lowest BCUT2D eigenvalue weighted by Gasteiger charge is -2.32. The third-order valence-electron chi connectivity index (χ3n) is 5.98. The molecule has 35 heavy (non-hydrogen) atoms. The molecule has 182 valence electrons. The van der Waals surface area contributed by atoms with Gasteiger partial charge in [-0.1, -0.05) is 12.1 Å². The van der Waals surface area contributed by atoms with Crippen LogP contribution in [0, 0.1) is 0 Å². The Bertz CT molecular complexity index is 1260. The minimum absolute atomic E-state index is 0.411. The normalized spacial score (nSPS) is 16.3. The van der Waals surface area contributed by atoms with Gasteiger partial charge in [0.15, 0.2) is 5.82 Å². The van der Waals surface area contributed by atoms with Crippen molar-refractivity contribution >= 4 is 22.4 Å². The number of nitrogens with one attached hydrogen (secondary N) is 2. The lowest BCUT2D eigenvalue weighted by molar-refractivity contribution is -0.00514. The predicted octanol–water partition coefficient (Wildman–Crippen LogP) is 4.26. The highest BCUT2D eigenvalue weighted by Gasteiger charge is 2.18. The van der Waals surface area contributed by atoms with Gasteiger partial charge in [0.05, 0.1) is 37.2 Å². The summed E-state index contributed by atoms with van der Waals surface area (Å²) in [6.45, 7) is 8.70. The number of fused-ring (bicyclic) bond motifs is 1. The Balaban J connectivity index is 1.40. The van der Waals surface area contributed by atoms with Gasteiger partial charge < -0.3 is 19.5 Å². The van der Waals surface area contributed by atoms with Gasteiger partial charge in [0, 0.05) is 36.3 Å². The standard InChI is InChI=1S/C26H30N6O3/c1-3-34-22-7-8-24-23(14-22)26(29-20-15-27-28-16-20)31-25(30-24)19-5-4-6-21(13-19)35-12-10-32-9-11-33-17-18(32)2/h4-8,13-16,18H,3,9-12,17H2,1-2H3,(H,27,28)(H,29,30,31). The fraction of sp³-hybridized carbons (Fsp3) is 0.346. The summed E-state index contributed by atoms with van der Waals surface area (Å²) in [7, 11) is 0. The maximum Gasteiger partial charge on any atom is 0.162 e. The summed E-state index contributed by atoms with van der Waals surface area (Å²) in [6.07, 6.45) is 3.49. The van der Waals surface area contributed by atoms with Crippen molar-refractivity contribution in [1.82, 2.24) is 25.1 Å². The summed E-state index contributed by atoms with van der Waals surface area (Å²) in [5, 5.41) is 11.1. The van der Waals surface area contributed by atoms with Gasteiger partial charge in [0.2, 0.25) is 0 Å². The number of hydrogen-bond donors (Lipinski definition) is 2. The van der Waals surface area contributed by atoms with Crippen LogP contribution in [-0.4, -0.2) is 70.6 Å². The van der Waals surface area contributed by atoms with Crippen LogP contribution in [0.3, 0.4) is 0 Å². The lowest BCUT2D eigenvalue weighted by Crippen LogP contribution is -2.45. The van der Waals surface area contributed by atoms with E-state index in [2.05, 4.69) is 27.3 Å². The van der Waals surface area contributed by atoms with Gasteiger partial charge in [-0.15, -0.1) is 0 Å². The van der Waals surface area contributed by atoms with Crippen LogP contribution in [0.4, 0.5) is 11.5 Å². The molecule has 9 heteroatoms. The van der Waals surface area contributed by atoms with Crippen molar-refractivity contribution in [2.45, 2.75) is 19.9 Å². The Morgan fingerprint density at radius 3 is 2.89 bits per heavy atom. The Labute approximate surface area is 204 Å². The molecule has 9 nitrogen and oxygen atoms in total. The molecule has 0 aliphatic carbocycles. The zero-order chi connectivity index (χ0) is 24.0. The zero-order valence-electron chi connectivity index (χ0n) is 20.0. The second-order valence-electron chi connectivity index (χ2n) is 8.46. The molecular formula is C26H30N6O3. The zero-order valence-corrected chi connectivity index (χ0v) is 20.0. The number of nitrogens with zero attached hydrogens (tertiary/aromatic N) is 4. The van der Waals surface area contributed by atoms with Gasteiger partial charge in [-0.25, -0.2) is 9.97 Å². The first-order valence-electron chi connectivity index (χ1n) is 11.9. The van der Waals surface area contributed by atoms with E-state index in [1.165, 1.54) is 0 Å². The molecule has 0 bridgehead atoms. The summed E-state index contributed by atoms with van der Waals surface area (Å²) in [4.78, 5) is 12.1. The van der Waals surface area contributed by atoms with Crippen LogP contribution in [0.25, 0.3) is 22.3 Å². The number of hydrogen-bond acceptors (Lipinski definition) is 8. The fourth-order valence-corrected chi connectivity index (χ4v) is 4.14. The predicted molar refractivity (Wildman–Crippen MR) is 135 cm³/mol. The van der Waals surface area contributed by atoms with Gasteiger partial charge in [-0.3, -0.25) is 10.00 Å². The highest BCUT2D eigenvalue weighted by molar-refractivity contribution is 5.93. The molecule has 5 rings (SSSR count). The second kappa shape index (κ2) is 10.7. The van der Waals surface area contributed by atoms with Gasteiger partial charge in [0.1, 0.15) is 23.9 Å². The van der Waals surface area contributed by atoms with E-state index in [1.54, 1.807) is 12.4 Å². The van der Waals surface area contributed by atoms with Crippen LogP contribution < -0.4 is 14.8 Å². The molecule has 0 radical (unpaired) electrons. The number of anilines is 2. The molecule has 1 aliphatic heterocycles. The molecule has 0 spiro atoms. The molecule has 0 amide bonds. The largest absolute Gasteiger partial charge is 0.494 e. The van der Waals surface area contributed by atoms with Crippen molar-refractivity contribution in [2.24, 2.45) is 0 Å². The molecule has 1 atom stereocenters. The highest BCUT2D eigenvalue weighted by Crippen LogP contribution is 2.31. The van der Waals surface area contributed by atoms with Crippen molar-refractivity contribution in [2.75, 3.05) is 44.8 Å². The van der Waals surface area contributed by atoms with E-state index in [1.807, 2.05) is 49.4 Å². The molecule has 1 aliphatic rings. The first-order valence-corrected chi connectivity index (χ1v) is 11.9. The van der Waals surface area contributed by atoms with Gasteiger partial charge in [-0.2, -0.15) is 5.10 Å².